The predicted octanol–water partition coefficient (Wildman–Crippen LogP) is 1.24. The van der Waals surface area contributed by atoms with Crippen molar-refractivity contribution in [3.05, 3.63) is 49.2 Å². The Morgan fingerprint density at radius 2 is 2.06 bits per heavy atom. The van der Waals surface area contributed by atoms with E-state index >= 15 is 0 Å². The zero-order valence-corrected chi connectivity index (χ0v) is 8.91. The maximum Gasteiger partial charge on any atom is 0.251 e. The van der Waals surface area contributed by atoms with E-state index in [1.165, 1.54) is 5.52 Å². The molecular weight excluding hydrogens is 200 g/mol. The molecule has 3 rings (SSSR count). The highest BCUT2D eigenvalue weighted by atomic mass is 15.2. The number of hydrogen-bond donors (Lipinski definition) is 0. The monoisotopic (exact) mass is 211 g/mol. The van der Waals surface area contributed by atoms with Crippen LogP contribution in [0.3, 0.4) is 0 Å². The Hall–Kier alpha value is -2.23. The minimum Gasteiger partial charge on any atom is -0.257 e. The highest BCUT2D eigenvalue weighted by molar-refractivity contribution is 5.73. The first-order chi connectivity index (χ1) is 7.86. The van der Waals surface area contributed by atoms with Gasteiger partial charge >= 0.3 is 0 Å². The van der Waals surface area contributed by atoms with Crippen molar-refractivity contribution in [2.75, 3.05) is 0 Å². The second kappa shape index (κ2) is 3.41. The molecule has 0 fully saturated rings. The summed E-state index contributed by atoms with van der Waals surface area (Å²) in [4.78, 5) is 8.38. The van der Waals surface area contributed by atoms with Gasteiger partial charge in [0.1, 0.15) is 0 Å². The van der Waals surface area contributed by atoms with Crippen LogP contribution >= 0.6 is 0 Å². The van der Waals surface area contributed by atoms with Crippen LogP contribution in [0.2, 0.25) is 0 Å². The topological polar surface area (TPSA) is 34.6 Å². The highest BCUT2D eigenvalue weighted by Gasteiger charge is 2.14. The first-order valence-corrected chi connectivity index (χ1v) is 5.08. The number of hydrogen-bond acceptors (Lipinski definition) is 2. The van der Waals surface area contributed by atoms with E-state index in [-0.39, 0.29) is 0 Å². The van der Waals surface area contributed by atoms with E-state index in [1.54, 1.807) is 18.6 Å². The third kappa shape index (κ3) is 1.27. The molecule has 0 aliphatic rings. The summed E-state index contributed by atoms with van der Waals surface area (Å²) >= 11 is 0. The maximum atomic E-state index is 4.30. The summed E-state index contributed by atoms with van der Waals surface area (Å²) < 4.78 is 4.10. The zero-order chi connectivity index (χ0) is 11.0. The molecule has 2 heterocycles. The lowest BCUT2D eigenvalue weighted by Crippen LogP contribution is -2.25. The van der Waals surface area contributed by atoms with Gasteiger partial charge in [0.15, 0.2) is 11.0 Å². The van der Waals surface area contributed by atoms with Crippen molar-refractivity contribution in [1.29, 1.82) is 0 Å². The minimum atomic E-state index is 0.833. The maximum absolute atomic E-state index is 4.30. The predicted molar refractivity (Wildman–Crippen MR) is 60.0 cm³/mol. The number of benzene rings is 1. The summed E-state index contributed by atoms with van der Waals surface area (Å²) in [7, 11) is 2.02. The van der Waals surface area contributed by atoms with Gasteiger partial charge in [0.2, 0.25) is 5.82 Å². The number of fused-ring (bicyclic) bond motifs is 1. The average Bonchev–Trinajstić information content (AvgIpc) is 2.69. The van der Waals surface area contributed by atoms with Gasteiger partial charge in [0.25, 0.3) is 6.33 Å². The van der Waals surface area contributed by atoms with Crippen LogP contribution in [0.5, 0.6) is 0 Å². The third-order valence-corrected chi connectivity index (χ3v) is 2.61. The lowest BCUT2D eigenvalue weighted by molar-refractivity contribution is -0.645. The SMILES string of the molecule is C[n+]1cn(-c2cnccn2)c2ccccc21. The van der Waals surface area contributed by atoms with Crippen LogP contribution in [0.25, 0.3) is 16.9 Å². The molecule has 4 heteroatoms. The molecule has 4 nitrogen and oxygen atoms in total. The minimum absolute atomic E-state index is 0.833. The molecule has 1 aromatic carbocycles. The molecule has 16 heavy (non-hydrogen) atoms. The zero-order valence-electron chi connectivity index (χ0n) is 8.91. The Bertz CT molecular complexity index is 628. The normalized spacial score (nSPS) is 10.8. The Balaban J connectivity index is 2.33. The lowest BCUT2D eigenvalue weighted by atomic mass is 10.3. The van der Waals surface area contributed by atoms with Gasteiger partial charge in [0.05, 0.1) is 13.2 Å². The van der Waals surface area contributed by atoms with E-state index in [0.29, 0.717) is 0 Å². The standard InChI is InChI=1S/C12H11N4/c1-15-9-16(12-8-13-6-7-14-12)11-5-3-2-4-10(11)15/h2-9H,1H3/q+1. The van der Waals surface area contributed by atoms with Crippen LogP contribution in [-0.4, -0.2) is 14.5 Å². The van der Waals surface area contributed by atoms with E-state index in [2.05, 4.69) is 26.7 Å². The number of nitrogens with zero attached hydrogens (tertiary/aromatic N) is 4. The summed E-state index contributed by atoms with van der Waals surface area (Å²) in [5.74, 6) is 0.833. The Morgan fingerprint density at radius 3 is 2.88 bits per heavy atom. The van der Waals surface area contributed by atoms with Crippen molar-refractivity contribution in [1.82, 2.24) is 14.5 Å². The molecule has 0 radical (unpaired) electrons. The van der Waals surface area contributed by atoms with Crippen molar-refractivity contribution in [3.63, 3.8) is 0 Å². The Morgan fingerprint density at radius 1 is 1.19 bits per heavy atom. The summed E-state index contributed by atoms with van der Waals surface area (Å²) in [5.41, 5.74) is 2.30. The molecule has 0 aliphatic carbocycles. The van der Waals surface area contributed by atoms with Crippen molar-refractivity contribution in [2.24, 2.45) is 7.05 Å². The summed E-state index contributed by atoms with van der Waals surface area (Å²) in [6, 6.07) is 8.21. The van der Waals surface area contributed by atoms with E-state index in [9.17, 15) is 0 Å². The quantitative estimate of drug-likeness (QED) is 0.568. The van der Waals surface area contributed by atoms with Gasteiger partial charge in [0, 0.05) is 12.4 Å². The van der Waals surface area contributed by atoms with Gasteiger partial charge in [-0.15, -0.1) is 0 Å². The van der Waals surface area contributed by atoms with Crippen molar-refractivity contribution < 1.29 is 4.57 Å². The first kappa shape index (κ1) is 9.03. The van der Waals surface area contributed by atoms with Gasteiger partial charge in [-0.05, 0) is 12.1 Å². The molecule has 0 saturated heterocycles. The fourth-order valence-corrected chi connectivity index (χ4v) is 1.86. The van der Waals surface area contributed by atoms with Gasteiger partial charge in [-0.25, -0.2) is 9.55 Å². The summed E-state index contributed by atoms with van der Waals surface area (Å²) in [6.45, 7) is 0. The van der Waals surface area contributed by atoms with Crippen molar-refractivity contribution in [2.45, 2.75) is 0 Å². The smallest absolute Gasteiger partial charge is 0.251 e. The highest BCUT2D eigenvalue weighted by Crippen LogP contribution is 2.13. The molecule has 2 aromatic heterocycles. The van der Waals surface area contributed by atoms with Gasteiger partial charge in [-0.3, -0.25) is 4.98 Å². The van der Waals surface area contributed by atoms with E-state index in [1.807, 2.05) is 30.1 Å². The van der Waals surface area contributed by atoms with Crippen LogP contribution in [0.4, 0.5) is 0 Å². The fraction of sp³-hybridized carbons (Fsp3) is 0.0833. The van der Waals surface area contributed by atoms with E-state index in [0.717, 1.165) is 11.3 Å². The molecule has 0 unspecified atom stereocenters. The number of aromatic nitrogens is 4. The second-order valence-corrected chi connectivity index (χ2v) is 3.65. The number of imidazole rings is 1. The number of rotatable bonds is 1. The van der Waals surface area contributed by atoms with E-state index < -0.39 is 0 Å². The molecule has 0 saturated carbocycles. The Labute approximate surface area is 92.8 Å². The summed E-state index contributed by atoms with van der Waals surface area (Å²) in [5, 5.41) is 0. The second-order valence-electron chi connectivity index (χ2n) is 3.65. The molecule has 0 atom stereocenters. The molecule has 78 valence electrons. The first-order valence-electron chi connectivity index (χ1n) is 5.08. The van der Waals surface area contributed by atoms with Crippen LogP contribution in [-0.2, 0) is 7.05 Å². The van der Waals surface area contributed by atoms with Gasteiger partial charge in [-0.2, -0.15) is 4.57 Å². The van der Waals surface area contributed by atoms with Crippen molar-refractivity contribution >= 4 is 11.0 Å². The van der Waals surface area contributed by atoms with E-state index in [4.69, 9.17) is 0 Å². The van der Waals surface area contributed by atoms with Crippen molar-refractivity contribution in [3.8, 4) is 5.82 Å². The third-order valence-electron chi connectivity index (χ3n) is 2.61. The van der Waals surface area contributed by atoms with Crippen LogP contribution in [0, 0.1) is 0 Å². The molecule has 0 aliphatic heterocycles. The van der Waals surface area contributed by atoms with Crippen LogP contribution in [0.1, 0.15) is 0 Å². The van der Waals surface area contributed by atoms with Gasteiger partial charge in [-0.1, -0.05) is 12.1 Å². The largest absolute Gasteiger partial charge is 0.257 e. The van der Waals surface area contributed by atoms with Gasteiger partial charge < -0.3 is 0 Å². The Kier molecular flexibility index (Phi) is 1.93. The molecule has 3 aromatic rings. The fourth-order valence-electron chi connectivity index (χ4n) is 1.86. The molecule has 0 N–H and O–H groups in total. The molecular formula is C12H11N4+. The number of para-hydroxylation sites is 2. The lowest BCUT2D eigenvalue weighted by Gasteiger charge is -1.93. The molecule has 0 bridgehead atoms. The molecule has 0 spiro atoms. The number of aryl methyl sites for hydroxylation is 1. The average molecular weight is 211 g/mol. The van der Waals surface area contributed by atoms with Crippen LogP contribution < -0.4 is 4.57 Å². The molecule has 0 amide bonds. The summed E-state index contributed by atoms with van der Waals surface area (Å²) in [6.07, 6.45) is 7.14. The van der Waals surface area contributed by atoms with Crippen LogP contribution in [0.15, 0.2) is 49.2 Å².